The Bertz CT molecular complexity index is 1130. The van der Waals surface area contributed by atoms with Crippen LogP contribution in [0.3, 0.4) is 0 Å². The average molecular weight is 390 g/mol. The highest BCUT2D eigenvalue weighted by atomic mass is 32.1. The molecule has 0 bridgehead atoms. The summed E-state index contributed by atoms with van der Waals surface area (Å²) in [7, 11) is 0. The lowest BCUT2D eigenvalue weighted by Gasteiger charge is -2.16. The van der Waals surface area contributed by atoms with Crippen molar-refractivity contribution in [3.8, 4) is 16.9 Å². The zero-order chi connectivity index (χ0) is 19.7. The Morgan fingerprint density at radius 1 is 1.00 bits per heavy atom. The largest absolute Gasteiger partial charge is 0.489 e. The summed E-state index contributed by atoms with van der Waals surface area (Å²) < 4.78 is 5.95. The zero-order valence-electron chi connectivity index (χ0n) is 16.5. The van der Waals surface area contributed by atoms with Gasteiger partial charge in [0.1, 0.15) is 22.7 Å². The van der Waals surface area contributed by atoms with E-state index in [0.717, 1.165) is 33.0 Å². The molecule has 0 saturated heterocycles. The predicted octanol–water partition coefficient (Wildman–Crippen LogP) is 6.51. The quantitative estimate of drug-likeness (QED) is 0.423. The van der Waals surface area contributed by atoms with E-state index in [4.69, 9.17) is 4.74 Å². The van der Waals surface area contributed by atoms with Crippen LogP contribution in [0.1, 0.15) is 25.0 Å². The summed E-state index contributed by atoms with van der Waals surface area (Å²) in [5.74, 6) is 1.61. The minimum absolute atomic E-state index is 0.0975. The van der Waals surface area contributed by atoms with Crippen LogP contribution in [0.4, 0.5) is 11.5 Å². The number of aromatic nitrogens is 2. The second kappa shape index (κ2) is 7.60. The smallest absolute Gasteiger partial charge is 0.143 e. The van der Waals surface area contributed by atoms with Gasteiger partial charge in [0, 0.05) is 10.9 Å². The molecule has 0 unspecified atom stereocenters. The van der Waals surface area contributed by atoms with E-state index in [0.29, 0.717) is 0 Å². The number of rotatable bonds is 5. The fraction of sp³-hybridized carbons (Fsp3) is 0.217. The first-order valence-corrected chi connectivity index (χ1v) is 10.2. The SMILES string of the molecule is Cc1ccc(-c2csc3ncnc(Nc4ccccc4OC(C)C)c23)c(C)c1. The molecule has 0 fully saturated rings. The van der Waals surface area contributed by atoms with E-state index in [9.17, 15) is 0 Å². The summed E-state index contributed by atoms with van der Waals surface area (Å²) in [5, 5.41) is 6.68. The molecule has 0 aliphatic heterocycles. The molecule has 5 heteroatoms. The number of fused-ring (bicyclic) bond motifs is 1. The van der Waals surface area contributed by atoms with E-state index in [1.54, 1.807) is 17.7 Å². The molecular weight excluding hydrogens is 366 g/mol. The number of hydrogen-bond donors (Lipinski definition) is 1. The lowest BCUT2D eigenvalue weighted by atomic mass is 9.99. The molecule has 0 spiro atoms. The molecule has 0 atom stereocenters. The van der Waals surface area contributed by atoms with Gasteiger partial charge in [-0.1, -0.05) is 35.9 Å². The van der Waals surface area contributed by atoms with Gasteiger partial charge in [0.2, 0.25) is 0 Å². The molecule has 2 aromatic heterocycles. The maximum Gasteiger partial charge on any atom is 0.143 e. The average Bonchev–Trinajstić information content (AvgIpc) is 3.08. The van der Waals surface area contributed by atoms with Crippen LogP contribution in [0.25, 0.3) is 21.3 Å². The molecule has 1 N–H and O–H groups in total. The van der Waals surface area contributed by atoms with Crippen molar-refractivity contribution >= 4 is 33.1 Å². The van der Waals surface area contributed by atoms with Gasteiger partial charge in [-0.05, 0) is 51.0 Å². The van der Waals surface area contributed by atoms with Crippen molar-refractivity contribution in [2.45, 2.75) is 33.8 Å². The summed E-state index contributed by atoms with van der Waals surface area (Å²) >= 11 is 1.64. The molecule has 4 aromatic rings. The van der Waals surface area contributed by atoms with Crippen LogP contribution < -0.4 is 10.1 Å². The minimum atomic E-state index is 0.0975. The molecule has 0 aliphatic carbocycles. The second-order valence-corrected chi connectivity index (χ2v) is 8.02. The Balaban J connectivity index is 1.82. The Kier molecular flexibility index (Phi) is 5.01. The van der Waals surface area contributed by atoms with Gasteiger partial charge in [-0.25, -0.2) is 9.97 Å². The molecule has 0 radical (unpaired) electrons. The van der Waals surface area contributed by atoms with Crippen molar-refractivity contribution < 1.29 is 4.74 Å². The highest BCUT2D eigenvalue weighted by molar-refractivity contribution is 7.17. The summed E-state index contributed by atoms with van der Waals surface area (Å²) in [6.45, 7) is 8.31. The molecule has 2 aromatic carbocycles. The van der Waals surface area contributed by atoms with E-state index in [-0.39, 0.29) is 6.10 Å². The number of para-hydroxylation sites is 2. The molecule has 28 heavy (non-hydrogen) atoms. The molecule has 0 saturated carbocycles. The molecule has 0 aliphatic rings. The molecular formula is C23H23N3OS. The molecule has 4 rings (SSSR count). The summed E-state index contributed by atoms with van der Waals surface area (Å²) in [4.78, 5) is 10.0. The topological polar surface area (TPSA) is 47.0 Å². The van der Waals surface area contributed by atoms with Crippen LogP contribution in [0.2, 0.25) is 0 Å². The summed E-state index contributed by atoms with van der Waals surface area (Å²) in [5.41, 5.74) is 5.77. The molecule has 4 nitrogen and oxygen atoms in total. The number of benzene rings is 2. The van der Waals surface area contributed by atoms with Crippen LogP contribution in [-0.2, 0) is 0 Å². The normalized spacial score (nSPS) is 11.2. The maximum atomic E-state index is 5.95. The summed E-state index contributed by atoms with van der Waals surface area (Å²) in [6.07, 6.45) is 1.71. The Morgan fingerprint density at radius 2 is 1.82 bits per heavy atom. The number of anilines is 2. The van der Waals surface area contributed by atoms with Gasteiger partial charge in [-0.2, -0.15) is 0 Å². The first kappa shape index (κ1) is 18.4. The molecule has 2 heterocycles. The van der Waals surface area contributed by atoms with Crippen LogP contribution in [0, 0.1) is 13.8 Å². The van der Waals surface area contributed by atoms with Gasteiger partial charge in [-0.3, -0.25) is 0 Å². The van der Waals surface area contributed by atoms with Crippen LogP contribution >= 0.6 is 11.3 Å². The van der Waals surface area contributed by atoms with Gasteiger partial charge >= 0.3 is 0 Å². The van der Waals surface area contributed by atoms with Gasteiger partial charge in [-0.15, -0.1) is 11.3 Å². The fourth-order valence-electron chi connectivity index (χ4n) is 3.34. The van der Waals surface area contributed by atoms with Crippen molar-refractivity contribution in [2.75, 3.05) is 5.32 Å². The third kappa shape index (κ3) is 3.58. The number of aryl methyl sites for hydroxylation is 2. The summed E-state index contributed by atoms with van der Waals surface area (Å²) in [6, 6.07) is 14.5. The Labute approximate surface area is 169 Å². The number of thiophene rings is 1. The molecule has 142 valence electrons. The Morgan fingerprint density at radius 3 is 2.61 bits per heavy atom. The van der Waals surface area contributed by atoms with E-state index in [2.05, 4.69) is 52.7 Å². The zero-order valence-corrected chi connectivity index (χ0v) is 17.3. The third-order valence-corrected chi connectivity index (χ3v) is 5.43. The lowest BCUT2D eigenvalue weighted by molar-refractivity contribution is 0.244. The van der Waals surface area contributed by atoms with Crippen LogP contribution in [0.15, 0.2) is 54.2 Å². The van der Waals surface area contributed by atoms with Gasteiger partial charge < -0.3 is 10.1 Å². The minimum Gasteiger partial charge on any atom is -0.489 e. The van der Waals surface area contributed by atoms with Gasteiger partial charge in [0.15, 0.2) is 0 Å². The predicted molar refractivity (Wildman–Crippen MR) is 118 cm³/mol. The van der Waals surface area contributed by atoms with Crippen LogP contribution in [0.5, 0.6) is 5.75 Å². The lowest BCUT2D eigenvalue weighted by Crippen LogP contribution is -2.07. The first-order chi connectivity index (χ1) is 13.5. The van der Waals surface area contributed by atoms with E-state index in [1.807, 2.05) is 38.1 Å². The number of nitrogens with zero attached hydrogens (tertiary/aromatic N) is 2. The second-order valence-electron chi connectivity index (χ2n) is 7.16. The fourth-order valence-corrected chi connectivity index (χ4v) is 4.24. The van der Waals surface area contributed by atoms with Crippen molar-refractivity contribution in [3.63, 3.8) is 0 Å². The monoisotopic (exact) mass is 389 g/mol. The van der Waals surface area contributed by atoms with Crippen molar-refractivity contribution in [3.05, 3.63) is 65.3 Å². The number of hydrogen-bond acceptors (Lipinski definition) is 5. The standard InChI is InChI=1S/C23H23N3OS/c1-14(2)27-20-8-6-5-7-19(20)26-22-21-18(12-28-23(21)25-13-24-22)17-10-9-15(3)11-16(17)4/h5-14H,1-4H3,(H,24,25,26). The highest BCUT2D eigenvalue weighted by Crippen LogP contribution is 2.39. The molecule has 0 amide bonds. The van der Waals surface area contributed by atoms with E-state index < -0.39 is 0 Å². The van der Waals surface area contributed by atoms with Crippen molar-refractivity contribution in [1.29, 1.82) is 0 Å². The van der Waals surface area contributed by atoms with E-state index in [1.165, 1.54) is 16.7 Å². The third-order valence-electron chi connectivity index (χ3n) is 4.55. The maximum absolute atomic E-state index is 5.95. The number of ether oxygens (including phenoxy) is 1. The van der Waals surface area contributed by atoms with Crippen LogP contribution in [-0.4, -0.2) is 16.1 Å². The van der Waals surface area contributed by atoms with E-state index >= 15 is 0 Å². The highest BCUT2D eigenvalue weighted by Gasteiger charge is 2.16. The van der Waals surface area contributed by atoms with Crippen molar-refractivity contribution in [2.24, 2.45) is 0 Å². The van der Waals surface area contributed by atoms with Crippen molar-refractivity contribution in [1.82, 2.24) is 9.97 Å². The van der Waals surface area contributed by atoms with Gasteiger partial charge in [0.25, 0.3) is 0 Å². The first-order valence-electron chi connectivity index (χ1n) is 9.35. The number of nitrogens with one attached hydrogen (secondary N) is 1. The van der Waals surface area contributed by atoms with Gasteiger partial charge in [0.05, 0.1) is 17.2 Å². The Hall–Kier alpha value is -2.92.